The Bertz CT molecular complexity index is 350. The van der Waals surface area contributed by atoms with Gasteiger partial charge in [0.25, 0.3) is 0 Å². The first-order valence-electron chi connectivity index (χ1n) is 5.90. The van der Waals surface area contributed by atoms with Crippen molar-refractivity contribution in [2.45, 2.75) is 39.0 Å². The van der Waals surface area contributed by atoms with Crippen LogP contribution >= 0.6 is 0 Å². The van der Waals surface area contributed by atoms with Gasteiger partial charge in [0, 0.05) is 0 Å². The van der Waals surface area contributed by atoms with Crippen molar-refractivity contribution in [3.8, 4) is 0 Å². The molecule has 0 fully saturated rings. The SMILES string of the molecule is CCC(C)c1ccc(CCCN=C=O)cc1. The van der Waals surface area contributed by atoms with E-state index < -0.39 is 0 Å². The van der Waals surface area contributed by atoms with Gasteiger partial charge in [-0.2, -0.15) is 0 Å². The molecule has 2 heteroatoms. The van der Waals surface area contributed by atoms with Crippen molar-refractivity contribution in [2.75, 3.05) is 6.54 Å². The molecule has 0 spiro atoms. The largest absolute Gasteiger partial charge is 0.234 e. The number of carbonyl (C=O) groups excluding carboxylic acids is 1. The van der Waals surface area contributed by atoms with E-state index >= 15 is 0 Å². The molecule has 0 aromatic heterocycles. The van der Waals surface area contributed by atoms with Gasteiger partial charge < -0.3 is 0 Å². The van der Waals surface area contributed by atoms with E-state index in [4.69, 9.17) is 0 Å². The quantitative estimate of drug-likeness (QED) is 0.407. The Labute approximate surface area is 97.4 Å². The van der Waals surface area contributed by atoms with E-state index in [0.29, 0.717) is 12.5 Å². The predicted molar refractivity (Wildman–Crippen MR) is 66.5 cm³/mol. The molecule has 0 aliphatic heterocycles. The molecule has 16 heavy (non-hydrogen) atoms. The summed E-state index contributed by atoms with van der Waals surface area (Å²) in [5, 5.41) is 0. The van der Waals surface area contributed by atoms with Gasteiger partial charge in [-0.3, -0.25) is 0 Å². The zero-order chi connectivity index (χ0) is 11.8. The first-order valence-corrected chi connectivity index (χ1v) is 5.90. The highest BCUT2D eigenvalue weighted by atomic mass is 16.1. The van der Waals surface area contributed by atoms with Gasteiger partial charge in [0.1, 0.15) is 0 Å². The van der Waals surface area contributed by atoms with Crippen LogP contribution in [0.4, 0.5) is 0 Å². The van der Waals surface area contributed by atoms with Gasteiger partial charge in [0.05, 0.1) is 6.54 Å². The summed E-state index contributed by atoms with van der Waals surface area (Å²) >= 11 is 0. The fourth-order valence-corrected chi connectivity index (χ4v) is 1.66. The molecular weight excluding hydrogens is 198 g/mol. The summed E-state index contributed by atoms with van der Waals surface area (Å²) in [7, 11) is 0. The Morgan fingerprint density at radius 2 is 2.00 bits per heavy atom. The van der Waals surface area contributed by atoms with Crippen LogP contribution in [0.5, 0.6) is 0 Å². The molecule has 0 radical (unpaired) electrons. The minimum Gasteiger partial charge on any atom is -0.211 e. The number of hydrogen-bond acceptors (Lipinski definition) is 2. The maximum absolute atomic E-state index is 9.88. The third kappa shape index (κ3) is 4.00. The summed E-state index contributed by atoms with van der Waals surface area (Å²) < 4.78 is 0. The lowest BCUT2D eigenvalue weighted by Crippen LogP contribution is -1.93. The molecule has 0 amide bonds. The highest BCUT2D eigenvalue weighted by Gasteiger charge is 2.01. The minimum absolute atomic E-state index is 0.580. The molecule has 0 aliphatic carbocycles. The molecule has 0 heterocycles. The third-order valence-electron chi connectivity index (χ3n) is 2.96. The van der Waals surface area contributed by atoms with Crippen molar-refractivity contribution in [2.24, 2.45) is 4.99 Å². The topological polar surface area (TPSA) is 29.4 Å². The van der Waals surface area contributed by atoms with E-state index in [1.807, 2.05) is 0 Å². The molecule has 0 bridgehead atoms. The van der Waals surface area contributed by atoms with Gasteiger partial charge in [-0.1, -0.05) is 38.1 Å². The van der Waals surface area contributed by atoms with Gasteiger partial charge >= 0.3 is 0 Å². The van der Waals surface area contributed by atoms with Crippen LogP contribution in [0.15, 0.2) is 29.3 Å². The smallest absolute Gasteiger partial charge is 0.211 e. The zero-order valence-corrected chi connectivity index (χ0v) is 10.1. The third-order valence-corrected chi connectivity index (χ3v) is 2.96. The van der Waals surface area contributed by atoms with Crippen molar-refractivity contribution in [1.29, 1.82) is 0 Å². The van der Waals surface area contributed by atoms with Crippen molar-refractivity contribution in [3.05, 3.63) is 35.4 Å². The van der Waals surface area contributed by atoms with Crippen LogP contribution in [0.2, 0.25) is 0 Å². The van der Waals surface area contributed by atoms with Gasteiger partial charge in [0.2, 0.25) is 6.08 Å². The molecule has 1 atom stereocenters. The Kier molecular flexibility index (Phi) is 5.52. The average molecular weight is 217 g/mol. The van der Waals surface area contributed by atoms with Crippen LogP contribution < -0.4 is 0 Å². The van der Waals surface area contributed by atoms with Crippen molar-refractivity contribution >= 4 is 6.08 Å². The van der Waals surface area contributed by atoms with E-state index in [-0.39, 0.29) is 0 Å². The standard InChI is InChI=1S/C14H19NO/c1-3-12(2)14-8-6-13(7-9-14)5-4-10-15-11-16/h6-9,12H,3-5,10H2,1-2H3. The molecular formula is C14H19NO. The van der Waals surface area contributed by atoms with Crippen molar-refractivity contribution in [1.82, 2.24) is 0 Å². The Morgan fingerprint density at radius 1 is 1.31 bits per heavy atom. The number of aliphatic imine (C=N–C) groups is 1. The Morgan fingerprint density at radius 3 is 2.56 bits per heavy atom. The summed E-state index contributed by atoms with van der Waals surface area (Å²) in [6, 6.07) is 8.75. The van der Waals surface area contributed by atoms with E-state index in [0.717, 1.165) is 12.8 Å². The van der Waals surface area contributed by atoms with E-state index in [1.165, 1.54) is 17.5 Å². The molecule has 1 rings (SSSR count). The first-order chi connectivity index (χ1) is 7.77. The van der Waals surface area contributed by atoms with Crippen LogP contribution in [0.1, 0.15) is 43.7 Å². The highest BCUT2D eigenvalue weighted by Crippen LogP contribution is 2.19. The zero-order valence-electron chi connectivity index (χ0n) is 10.1. The molecule has 86 valence electrons. The lowest BCUT2D eigenvalue weighted by atomic mass is 9.97. The number of rotatable bonds is 6. The van der Waals surface area contributed by atoms with Crippen molar-refractivity contribution < 1.29 is 4.79 Å². The Balaban J connectivity index is 2.48. The second kappa shape index (κ2) is 6.97. The van der Waals surface area contributed by atoms with Crippen LogP contribution in [0.25, 0.3) is 0 Å². The van der Waals surface area contributed by atoms with Crippen LogP contribution in [0, 0.1) is 0 Å². The molecule has 1 unspecified atom stereocenters. The number of aryl methyl sites for hydroxylation is 1. The summed E-state index contributed by atoms with van der Waals surface area (Å²) in [4.78, 5) is 13.4. The summed E-state index contributed by atoms with van der Waals surface area (Å²) in [6.45, 7) is 5.03. The Hall–Kier alpha value is -1.40. The fraction of sp³-hybridized carbons (Fsp3) is 0.500. The second-order valence-electron chi connectivity index (χ2n) is 4.13. The first kappa shape index (κ1) is 12.7. The second-order valence-corrected chi connectivity index (χ2v) is 4.13. The van der Waals surface area contributed by atoms with Crippen LogP contribution in [-0.4, -0.2) is 12.6 Å². The number of benzene rings is 1. The van der Waals surface area contributed by atoms with E-state index in [2.05, 4.69) is 43.1 Å². The van der Waals surface area contributed by atoms with Gasteiger partial charge in [-0.25, -0.2) is 9.79 Å². The monoisotopic (exact) mass is 217 g/mol. The highest BCUT2D eigenvalue weighted by molar-refractivity contribution is 5.32. The lowest BCUT2D eigenvalue weighted by Gasteiger charge is -2.09. The van der Waals surface area contributed by atoms with Crippen molar-refractivity contribution in [3.63, 3.8) is 0 Å². The number of isocyanates is 1. The molecule has 0 aliphatic rings. The summed E-state index contributed by atoms with van der Waals surface area (Å²) in [5.41, 5.74) is 2.71. The average Bonchev–Trinajstić information content (AvgIpc) is 2.34. The van der Waals surface area contributed by atoms with Gasteiger partial charge in [-0.05, 0) is 36.3 Å². The van der Waals surface area contributed by atoms with Crippen LogP contribution in [0.3, 0.4) is 0 Å². The predicted octanol–water partition coefficient (Wildman–Crippen LogP) is 3.47. The minimum atomic E-state index is 0.580. The number of nitrogens with zero attached hydrogens (tertiary/aromatic N) is 1. The molecule has 0 saturated heterocycles. The van der Waals surface area contributed by atoms with Crippen LogP contribution in [-0.2, 0) is 11.2 Å². The normalized spacial score (nSPS) is 11.9. The molecule has 2 nitrogen and oxygen atoms in total. The molecule has 0 N–H and O–H groups in total. The molecule has 1 aromatic carbocycles. The van der Waals surface area contributed by atoms with E-state index in [9.17, 15) is 4.79 Å². The summed E-state index contributed by atoms with van der Waals surface area (Å²) in [6.07, 6.45) is 4.63. The fourth-order valence-electron chi connectivity index (χ4n) is 1.66. The maximum Gasteiger partial charge on any atom is 0.234 e. The lowest BCUT2D eigenvalue weighted by molar-refractivity contribution is 0.562. The van der Waals surface area contributed by atoms with Gasteiger partial charge in [0.15, 0.2) is 0 Å². The van der Waals surface area contributed by atoms with E-state index in [1.54, 1.807) is 6.08 Å². The molecule has 1 aromatic rings. The van der Waals surface area contributed by atoms with Gasteiger partial charge in [-0.15, -0.1) is 0 Å². The maximum atomic E-state index is 9.88. The summed E-state index contributed by atoms with van der Waals surface area (Å²) in [5.74, 6) is 0.633. The molecule has 0 saturated carbocycles. The number of hydrogen-bond donors (Lipinski definition) is 0.